The molecule has 0 fully saturated rings. The monoisotopic (exact) mass is 282 g/mol. The number of nitrogens with zero attached hydrogens (tertiary/aromatic N) is 1. The van der Waals surface area contributed by atoms with Gasteiger partial charge in [0.1, 0.15) is 11.4 Å². The van der Waals surface area contributed by atoms with E-state index in [1.807, 2.05) is 0 Å². The van der Waals surface area contributed by atoms with Crippen LogP contribution in [0, 0.1) is 0 Å². The number of fused-ring (bicyclic) bond motifs is 1. The molecule has 1 unspecified atom stereocenters. The van der Waals surface area contributed by atoms with Crippen molar-refractivity contribution in [1.29, 1.82) is 0 Å². The Labute approximate surface area is 124 Å². The summed E-state index contributed by atoms with van der Waals surface area (Å²) in [5, 5.41) is 3.39. The lowest BCUT2D eigenvalue weighted by Crippen LogP contribution is -2.28. The van der Waals surface area contributed by atoms with E-state index in [0.717, 1.165) is 19.3 Å². The zero-order valence-corrected chi connectivity index (χ0v) is 12.0. The molecule has 1 aromatic carbocycles. The summed E-state index contributed by atoms with van der Waals surface area (Å²) < 4.78 is 4.80. The molecule has 0 aliphatic heterocycles. The van der Waals surface area contributed by atoms with Crippen molar-refractivity contribution >= 4 is 11.8 Å². The number of benzene rings is 1. The predicted octanol–water partition coefficient (Wildman–Crippen LogP) is 2.84. The second-order valence-corrected chi connectivity index (χ2v) is 5.24. The van der Waals surface area contributed by atoms with Crippen molar-refractivity contribution in [3.63, 3.8) is 0 Å². The molecule has 1 N–H and O–H groups in total. The number of aryl methyl sites for hydroxylation is 1. The molecule has 4 heteroatoms. The smallest absolute Gasteiger partial charge is 0.341 e. The molecule has 1 aliphatic carbocycles. The number of carbonyl (C=O) groups is 1. The Morgan fingerprint density at radius 2 is 2.05 bits per heavy atom. The van der Waals surface area contributed by atoms with E-state index >= 15 is 0 Å². The Hall–Kier alpha value is -2.36. The van der Waals surface area contributed by atoms with Crippen molar-refractivity contribution in [1.82, 2.24) is 4.98 Å². The molecule has 2 aromatic rings. The highest BCUT2D eigenvalue weighted by molar-refractivity contribution is 5.94. The van der Waals surface area contributed by atoms with Crippen molar-refractivity contribution in [3.8, 4) is 0 Å². The van der Waals surface area contributed by atoms with Gasteiger partial charge in [0.25, 0.3) is 0 Å². The highest BCUT2D eigenvalue weighted by Gasteiger charge is 2.20. The molecule has 0 spiro atoms. The third-order valence-corrected chi connectivity index (χ3v) is 3.90. The average Bonchev–Trinajstić information content (AvgIpc) is 2.54. The highest BCUT2D eigenvalue weighted by atomic mass is 16.5. The first-order valence-corrected chi connectivity index (χ1v) is 7.14. The second-order valence-electron chi connectivity index (χ2n) is 5.24. The molecule has 4 nitrogen and oxygen atoms in total. The van der Waals surface area contributed by atoms with E-state index in [-0.39, 0.29) is 5.97 Å². The lowest BCUT2D eigenvalue weighted by molar-refractivity contribution is 0.0601. The van der Waals surface area contributed by atoms with Crippen LogP contribution in [0.4, 0.5) is 5.82 Å². The number of nitrogens with one attached hydrogen (secondary N) is 1. The lowest BCUT2D eigenvalue weighted by Gasteiger charge is -2.26. The summed E-state index contributed by atoms with van der Waals surface area (Å²) in [6.07, 6.45) is 4.72. The Kier molecular flexibility index (Phi) is 3.86. The van der Waals surface area contributed by atoms with Gasteiger partial charge in [-0.3, -0.25) is 0 Å². The number of anilines is 1. The van der Waals surface area contributed by atoms with Crippen molar-refractivity contribution in [2.45, 2.75) is 25.3 Å². The zero-order valence-electron chi connectivity index (χ0n) is 12.0. The summed E-state index contributed by atoms with van der Waals surface area (Å²) in [5.41, 5.74) is 3.28. The van der Waals surface area contributed by atoms with Crippen LogP contribution in [0.25, 0.3) is 0 Å². The molecule has 1 aromatic heterocycles. The first kappa shape index (κ1) is 13.6. The van der Waals surface area contributed by atoms with Crippen LogP contribution in [0.15, 0.2) is 42.6 Å². The first-order valence-electron chi connectivity index (χ1n) is 7.14. The number of ether oxygens (including phenoxy) is 1. The Morgan fingerprint density at radius 3 is 2.86 bits per heavy atom. The maximum atomic E-state index is 11.8. The van der Waals surface area contributed by atoms with Crippen LogP contribution in [-0.4, -0.2) is 24.1 Å². The van der Waals surface area contributed by atoms with Crippen molar-refractivity contribution < 1.29 is 9.53 Å². The molecule has 1 atom stereocenters. The third kappa shape index (κ3) is 2.89. The Balaban J connectivity index is 1.78. The van der Waals surface area contributed by atoms with Gasteiger partial charge in [0.05, 0.1) is 7.11 Å². The summed E-state index contributed by atoms with van der Waals surface area (Å²) in [4.78, 5) is 16.1. The minimum Gasteiger partial charge on any atom is -0.465 e. The second kappa shape index (κ2) is 5.95. The number of esters is 1. The standard InChI is InChI=1S/C17H18N2O2/c1-21-17(20)15-7-4-10-18-16(15)19-14-9-8-12-5-2-3-6-13(12)11-14/h2-7,10,14H,8-9,11H2,1H3,(H,18,19). The number of hydrogen-bond acceptors (Lipinski definition) is 4. The molecule has 3 rings (SSSR count). The lowest BCUT2D eigenvalue weighted by atomic mass is 9.88. The summed E-state index contributed by atoms with van der Waals surface area (Å²) in [5.74, 6) is 0.246. The summed E-state index contributed by atoms with van der Waals surface area (Å²) in [7, 11) is 1.38. The average molecular weight is 282 g/mol. The molecule has 0 bridgehead atoms. The van der Waals surface area contributed by atoms with E-state index in [9.17, 15) is 4.79 Å². The van der Waals surface area contributed by atoms with Crippen LogP contribution in [-0.2, 0) is 17.6 Å². The van der Waals surface area contributed by atoms with Crippen LogP contribution in [0.3, 0.4) is 0 Å². The largest absolute Gasteiger partial charge is 0.465 e. The fourth-order valence-corrected chi connectivity index (χ4v) is 2.81. The number of methoxy groups -OCH3 is 1. The van der Waals surface area contributed by atoms with Gasteiger partial charge >= 0.3 is 5.97 Å². The number of rotatable bonds is 3. The van der Waals surface area contributed by atoms with Crippen LogP contribution >= 0.6 is 0 Å². The van der Waals surface area contributed by atoms with Crippen molar-refractivity contribution in [2.24, 2.45) is 0 Å². The number of aromatic nitrogens is 1. The molecule has 0 saturated heterocycles. The number of hydrogen-bond donors (Lipinski definition) is 1. The minimum atomic E-state index is -0.359. The van der Waals surface area contributed by atoms with Crippen LogP contribution in [0.1, 0.15) is 27.9 Å². The van der Waals surface area contributed by atoms with Gasteiger partial charge in [-0.25, -0.2) is 9.78 Å². The van der Waals surface area contributed by atoms with Crippen molar-refractivity contribution in [3.05, 3.63) is 59.3 Å². The van der Waals surface area contributed by atoms with Gasteiger partial charge in [0, 0.05) is 12.2 Å². The van der Waals surface area contributed by atoms with Gasteiger partial charge in [-0.2, -0.15) is 0 Å². The quantitative estimate of drug-likeness (QED) is 0.880. The molecule has 0 radical (unpaired) electrons. The van der Waals surface area contributed by atoms with E-state index in [0.29, 0.717) is 17.4 Å². The van der Waals surface area contributed by atoms with E-state index in [4.69, 9.17) is 4.74 Å². The summed E-state index contributed by atoms with van der Waals surface area (Å²) >= 11 is 0. The SMILES string of the molecule is COC(=O)c1cccnc1NC1CCc2ccccc2C1. The van der Waals surface area contributed by atoms with Crippen LogP contribution in [0.2, 0.25) is 0 Å². The zero-order chi connectivity index (χ0) is 14.7. The maximum Gasteiger partial charge on any atom is 0.341 e. The highest BCUT2D eigenvalue weighted by Crippen LogP contribution is 2.24. The molecule has 1 heterocycles. The third-order valence-electron chi connectivity index (χ3n) is 3.90. The van der Waals surface area contributed by atoms with Gasteiger partial charge in [0.2, 0.25) is 0 Å². The number of pyridine rings is 1. The molecule has 1 aliphatic rings. The Morgan fingerprint density at radius 1 is 1.24 bits per heavy atom. The normalized spacial score (nSPS) is 16.9. The topological polar surface area (TPSA) is 51.2 Å². The van der Waals surface area contributed by atoms with Gasteiger partial charge in [-0.15, -0.1) is 0 Å². The van der Waals surface area contributed by atoms with Gasteiger partial charge in [0.15, 0.2) is 0 Å². The minimum absolute atomic E-state index is 0.290. The molecule has 108 valence electrons. The summed E-state index contributed by atoms with van der Waals surface area (Å²) in [6.45, 7) is 0. The van der Waals surface area contributed by atoms with Gasteiger partial charge in [-0.1, -0.05) is 24.3 Å². The van der Waals surface area contributed by atoms with E-state index in [2.05, 4.69) is 34.6 Å². The number of carbonyl (C=O) groups excluding carboxylic acids is 1. The Bertz CT molecular complexity index is 655. The van der Waals surface area contributed by atoms with Crippen LogP contribution < -0.4 is 5.32 Å². The van der Waals surface area contributed by atoms with E-state index in [1.165, 1.54) is 18.2 Å². The molecule has 21 heavy (non-hydrogen) atoms. The predicted molar refractivity (Wildman–Crippen MR) is 81.5 cm³/mol. The molecule has 0 saturated carbocycles. The molecular weight excluding hydrogens is 264 g/mol. The summed E-state index contributed by atoms with van der Waals surface area (Å²) in [6, 6.07) is 12.3. The van der Waals surface area contributed by atoms with Gasteiger partial charge in [-0.05, 0) is 42.5 Å². The fourth-order valence-electron chi connectivity index (χ4n) is 2.81. The van der Waals surface area contributed by atoms with Crippen molar-refractivity contribution in [2.75, 3.05) is 12.4 Å². The molecule has 0 amide bonds. The van der Waals surface area contributed by atoms with Crippen LogP contribution in [0.5, 0.6) is 0 Å². The van der Waals surface area contributed by atoms with E-state index in [1.54, 1.807) is 18.3 Å². The van der Waals surface area contributed by atoms with Gasteiger partial charge < -0.3 is 10.1 Å². The molecular formula is C17H18N2O2. The van der Waals surface area contributed by atoms with E-state index < -0.39 is 0 Å². The maximum absolute atomic E-state index is 11.8. The first-order chi connectivity index (χ1) is 10.3. The fraction of sp³-hybridized carbons (Fsp3) is 0.294.